The summed E-state index contributed by atoms with van der Waals surface area (Å²) >= 11 is 0. The van der Waals surface area contributed by atoms with E-state index in [1.807, 2.05) is 48.5 Å². The lowest BCUT2D eigenvalue weighted by Gasteiger charge is -2.26. The molecule has 0 amide bonds. The molecule has 0 radical (unpaired) electrons. The highest BCUT2D eigenvalue weighted by Gasteiger charge is 2.17. The lowest BCUT2D eigenvalue weighted by molar-refractivity contribution is 0.584. The van der Waals surface area contributed by atoms with E-state index in [1.165, 1.54) is 21.8 Å². The molecule has 0 saturated carbocycles. The number of aromatic nitrogens is 3. The van der Waals surface area contributed by atoms with Gasteiger partial charge >= 0.3 is 0 Å². The highest BCUT2D eigenvalue weighted by molar-refractivity contribution is 6.09. The molecule has 5 heteroatoms. The van der Waals surface area contributed by atoms with Crippen LogP contribution in [0.2, 0.25) is 0 Å². The predicted octanol–water partition coefficient (Wildman–Crippen LogP) is 11.6. The molecular weight excluding hydrogens is 601 g/mol. The van der Waals surface area contributed by atoms with Crippen LogP contribution in [0.5, 0.6) is 0 Å². The topological polar surface area (TPSA) is 47.1 Å². The number of anilines is 3. The van der Waals surface area contributed by atoms with Gasteiger partial charge in [0, 0.05) is 44.6 Å². The summed E-state index contributed by atoms with van der Waals surface area (Å²) in [6.07, 6.45) is 0. The number of nitrogens with zero attached hydrogens (tertiary/aromatic N) is 4. The molecule has 7 aromatic carbocycles. The molecule has 49 heavy (non-hydrogen) atoms. The van der Waals surface area contributed by atoms with Gasteiger partial charge in [-0.05, 0) is 96.1 Å². The van der Waals surface area contributed by atoms with Gasteiger partial charge in [-0.15, -0.1) is 10.2 Å². The van der Waals surface area contributed by atoms with E-state index in [0.29, 0.717) is 11.8 Å². The molecule has 0 N–H and O–H groups in total. The molecule has 0 bridgehead atoms. The number of para-hydroxylation sites is 3. The first-order valence-corrected chi connectivity index (χ1v) is 16.3. The summed E-state index contributed by atoms with van der Waals surface area (Å²) in [5.41, 5.74) is 10.6. The second-order valence-electron chi connectivity index (χ2n) is 12.0. The van der Waals surface area contributed by atoms with Crippen LogP contribution in [-0.4, -0.2) is 14.8 Å². The third-order valence-corrected chi connectivity index (χ3v) is 8.97. The molecule has 232 valence electrons. The lowest BCUT2D eigenvalue weighted by atomic mass is 10.0. The fourth-order valence-corrected chi connectivity index (χ4v) is 6.65. The highest BCUT2D eigenvalue weighted by atomic mass is 16.4. The van der Waals surface area contributed by atoms with Crippen LogP contribution < -0.4 is 4.90 Å². The van der Waals surface area contributed by atoms with Gasteiger partial charge in [-0.25, -0.2) is 0 Å². The Morgan fingerprint density at radius 2 is 0.878 bits per heavy atom. The van der Waals surface area contributed by atoms with Gasteiger partial charge in [0.2, 0.25) is 11.8 Å². The monoisotopic (exact) mass is 630 g/mol. The third kappa shape index (κ3) is 5.24. The van der Waals surface area contributed by atoms with Gasteiger partial charge in [-0.2, -0.15) is 0 Å². The van der Waals surface area contributed by atoms with Crippen LogP contribution in [-0.2, 0) is 0 Å². The van der Waals surface area contributed by atoms with Gasteiger partial charge in [0.1, 0.15) is 0 Å². The summed E-state index contributed by atoms with van der Waals surface area (Å²) in [5.74, 6) is 0.972. The Balaban J connectivity index is 1.04. The van der Waals surface area contributed by atoms with Crippen LogP contribution in [0.25, 0.3) is 61.5 Å². The summed E-state index contributed by atoms with van der Waals surface area (Å²) in [6.45, 7) is 0. The average molecular weight is 631 g/mol. The summed E-state index contributed by atoms with van der Waals surface area (Å²) in [6, 6.07) is 63.1. The molecular formula is C44H30N4O. The second kappa shape index (κ2) is 12.1. The molecule has 0 aliphatic rings. The van der Waals surface area contributed by atoms with Crippen LogP contribution in [0.15, 0.2) is 186 Å². The highest BCUT2D eigenvalue weighted by Crippen LogP contribution is 2.38. The fraction of sp³-hybridized carbons (Fsp3) is 0. The Hall–Kier alpha value is -6.72. The van der Waals surface area contributed by atoms with Gasteiger partial charge in [0.15, 0.2) is 0 Å². The van der Waals surface area contributed by atoms with Crippen LogP contribution >= 0.6 is 0 Å². The van der Waals surface area contributed by atoms with Crippen molar-refractivity contribution in [3.05, 3.63) is 182 Å². The first-order chi connectivity index (χ1) is 24.3. The summed E-state index contributed by atoms with van der Waals surface area (Å²) < 4.78 is 8.53. The molecule has 0 saturated heterocycles. The SMILES string of the molecule is c1ccc(-c2cccc(-c3nnc(-c4ccc(N(c5ccccc5)c5ccc(-n6c7ccccc7c7ccccc76)cc5)cc4)o3)c2)cc1. The molecule has 0 fully saturated rings. The quantitative estimate of drug-likeness (QED) is 0.176. The Morgan fingerprint density at radius 3 is 1.53 bits per heavy atom. The van der Waals surface area contributed by atoms with Gasteiger partial charge in [0.25, 0.3) is 0 Å². The summed E-state index contributed by atoms with van der Waals surface area (Å²) in [4.78, 5) is 2.26. The normalized spacial score (nSPS) is 11.3. The van der Waals surface area contributed by atoms with Gasteiger partial charge in [-0.1, -0.05) is 97.1 Å². The van der Waals surface area contributed by atoms with Crippen LogP contribution in [0.4, 0.5) is 17.1 Å². The van der Waals surface area contributed by atoms with Crippen molar-refractivity contribution in [2.24, 2.45) is 0 Å². The Kier molecular flexibility index (Phi) is 7.06. The maximum atomic E-state index is 6.19. The van der Waals surface area contributed by atoms with E-state index in [4.69, 9.17) is 4.42 Å². The molecule has 2 heterocycles. The van der Waals surface area contributed by atoms with Gasteiger partial charge in [-0.3, -0.25) is 0 Å². The van der Waals surface area contributed by atoms with E-state index < -0.39 is 0 Å². The van der Waals surface area contributed by atoms with Crippen LogP contribution in [0.1, 0.15) is 0 Å². The van der Waals surface area contributed by atoms with Crippen molar-refractivity contribution in [3.8, 4) is 39.7 Å². The Morgan fingerprint density at radius 1 is 0.388 bits per heavy atom. The van der Waals surface area contributed by atoms with Crippen molar-refractivity contribution in [2.45, 2.75) is 0 Å². The van der Waals surface area contributed by atoms with Crippen molar-refractivity contribution in [1.82, 2.24) is 14.8 Å². The summed E-state index contributed by atoms with van der Waals surface area (Å²) in [5, 5.41) is 11.3. The molecule has 0 spiro atoms. The maximum Gasteiger partial charge on any atom is 0.248 e. The molecule has 2 aromatic heterocycles. The van der Waals surface area contributed by atoms with Crippen LogP contribution in [0.3, 0.4) is 0 Å². The largest absolute Gasteiger partial charge is 0.416 e. The molecule has 0 unspecified atom stereocenters. The van der Waals surface area contributed by atoms with E-state index in [2.05, 4.69) is 153 Å². The third-order valence-electron chi connectivity index (χ3n) is 8.97. The number of rotatable bonds is 7. The smallest absolute Gasteiger partial charge is 0.248 e. The molecule has 0 atom stereocenters. The van der Waals surface area contributed by atoms with Crippen molar-refractivity contribution in [2.75, 3.05) is 4.90 Å². The average Bonchev–Trinajstić information content (AvgIpc) is 3.81. The lowest BCUT2D eigenvalue weighted by Crippen LogP contribution is -2.10. The number of fused-ring (bicyclic) bond motifs is 3. The number of hydrogen-bond acceptors (Lipinski definition) is 4. The number of hydrogen-bond donors (Lipinski definition) is 0. The molecule has 0 aliphatic heterocycles. The second-order valence-corrected chi connectivity index (χ2v) is 12.0. The van der Waals surface area contributed by atoms with E-state index >= 15 is 0 Å². The minimum Gasteiger partial charge on any atom is -0.416 e. The van der Waals surface area contributed by atoms with E-state index in [1.54, 1.807) is 0 Å². The molecule has 9 aromatic rings. The minimum atomic E-state index is 0.480. The first-order valence-electron chi connectivity index (χ1n) is 16.3. The first kappa shape index (κ1) is 28.5. The molecule has 5 nitrogen and oxygen atoms in total. The van der Waals surface area contributed by atoms with Crippen molar-refractivity contribution >= 4 is 38.9 Å². The number of benzene rings is 7. The zero-order valence-corrected chi connectivity index (χ0v) is 26.5. The molecule has 9 rings (SSSR count). The predicted molar refractivity (Wildman–Crippen MR) is 200 cm³/mol. The standard InChI is InChI=1S/C44H30N4O/c1-3-12-31(13-4-1)33-14-11-15-34(30-33)44-46-45-43(49-44)32-22-24-36(25-23-32)47(35-16-5-2-6-17-35)37-26-28-38(29-27-37)48-41-20-9-7-18-39(41)40-19-8-10-21-42(40)48/h1-30H. The van der Waals surface area contributed by atoms with E-state index in [-0.39, 0.29) is 0 Å². The zero-order chi connectivity index (χ0) is 32.6. The van der Waals surface area contributed by atoms with Crippen molar-refractivity contribution in [3.63, 3.8) is 0 Å². The van der Waals surface area contributed by atoms with Crippen molar-refractivity contribution < 1.29 is 4.42 Å². The Labute approximate surface area is 284 Å². The molecule has 0 aliphatic carbocycles. The van der Waals surface area contributed by atoms with Gasteiger partial charge in [0.05, 0.1) is 11.0 Å². The van der Waals surface area contributed by atoms with E-state index in [0.717, 1.165) is 45.0 Å². The summed E-state index contributed by atoms with van der Waals surface area (Å²) in [7, 11) is 0. The van der Waals surface area contributed by atoms with E-state index in [9.17, 15) is 0 Å². The Bertz CT molecular complexity index is 2480. The zero-order valence-electron chi connectivity index (χ0n) is 26.5. The maximum absolute atomic E-state index is 6.19. The fourth-order valence-electron chi connectivity index (χ4n) is 6.65. The van der Waals surface area contributed by atoms with Gasteiger partial charge < -0.3 is 13.9 Å². The van der Waals surface area contributed by atoms with Crippen molar-refractivity contribution in [1.29, 1.82) is 0 Å². The van der Waals surface area contributed by atoms with Crippen LogP contribution in [0, 0.1) is 0 Å². The minimum absolute atomic E-state index is 0.480.